The van der Waals surface area contributed by atoms with Crippen LogP contribution in [0.15, 0.2) is 23.0 Å². The van der Waals surface area contributed by atoms with Crippen LogP contribution in [0.2, 0.25) is 0 Å². The summed E-state index contributed by atoms with van der Waals surface area (Å²) < 4.78 is 10.8. The summed E-state index contributed by atoms with van der Waals surface area (Å²) in [7, 11) is 0. The van der Waals surface area contributed by atoms with Gasteiger partial charge in [0.05, 0.1) is 6.54 Å². The number of carbonyl (C=O) groups excluding carboxylic acids is 1. The molecule has 1 aliphatic heterocycles. The summed E-state index contributed by atoms with van der Waals surface area (Å²) in [5.41, 5.74) is 5.94. The van der Waals surface area contributed by atoms with Crippen LogP contribution in [0.3, 0.4) is 0 Å². The molecule has 3 rings (SSSR count). The van der Waals surface area contributed by atoms with Crippen LogP contribution >= 0.6 is 0 Å². The molecule has 0 atom stereocenters. The summed E-state index contributed by atoms with van der Waals surface area (Å²) in [6.07, 6.45) is 3.23. The van der Waals surface area contributed by atoms with Crippen molar-refractivity contribution in [3.63, 3.8) is 0 Å². The number of aryl methyl sites for hydroxylation is 1. The van der Waals surface area contributed by atoms with Crippen LogP contribution in [-0.2, 0) is 11.4 Å². The summed E-state index contributed by atoms with van der Waals surface area (Å²) in [5, 5.41) is 3.90. The Hall–Kier alpha value is -2.68. The fourth-order valence-corrected chi connectivity index (χ4v) is 2.60. The monoisotopic (exact) mass is 332 g/mol. The summed E-state index contributed by atoms with van der Waals surface area (Å²) in [6, 6.07) is 1.82. The van der Waals surface area contributed by atoms with Gasteiger partial charge in [-0.05, 0) is 6.92 Å². The van der Waals surface area contributed by atoms with E-state index in [4.69, 9.17) is 15.0 Å². The zero-order valence-electron chi connectivity index (χ0n) is 13.5. The Labute approximate surface area is 139 Å². The van der Waals surface area contributed by atoms with Crippen molar-refractivity contribution in [1.29, 1.82) is 0 Å². The van der Waals surface area contributed by atoms with Crippen LogP contribution < -0.4 is 15.4 Å². The van der Waals surface area contributed by atoms with Gasteiger partial charge in [-0.2, -0.15) is 0 Å². The molecule has 24 heavy (non-hydrogen) atoms. The van der Waals surface area contributed by atoms with Crippen molar-refractivity contribution in [1.82, 2.24) is 20.0 Å². The normalized spacial score (nSPS) is 15.5. The Bertz CT molecular complexity index is 696. The number of amides is 1. The highest BCUT2D eigenvalue weighted by atomic mass is 16.5. The number of carbonyl (C=O) groups is 1. The van der Waals surface area contributed by atoms with Gasteiger partial charge in [-0.25, -0.2) is 9.97 Å². The first-order valence-electron chi connectivity index (χ1n) is 7.73. The molecule has 2 aromatic rings. The van der Waals surface area contributed by atoms with Crippen LogP contribution in [0.1, 0.15) is 11.5 Å². The fourth-order valence-electron chi connectivity index (χ4n) is 2.60. The number of nitrogens with two attached hydrogens (primary N) is 1. The average Bonchev–Trinajstić information content (AvgIpc) is 2.99. The zero-order valence-corrected chi connectivity index (χ0v) is 13.5. The molecule has 0 saturated carbocycles. The minimum Gasteiger partial charge on any atom is -0.468 e. The van der Waals surface area contributed by atoms with Gasteiger partial charge in [-0.15, -0.1) is 0 Å². The Morgan fingerprint density at radius 2 is 2.04 bits per heavy atom. The van der Waals surface area contributed by atoms with E-state index in [2.05, 4.69) is 20.0 Å². The van der Waals surface area contributed by atoms with Gasteiger partial charge in [0.25, 0.3) is 5.88 Å². The fraction of sp³-hybridized carbons (Fsp3) is 0.467. The molecule has 9 heteroatoms. The van der Waals surface area contributed by atoms with Crippen molar-refractivity contribution in [2.24, 2.45) is 5.73 Å². The number of ether oxygens (including phenoxy) is 1. The van der Waals surface area contributed by atoms with Crippen molar-refractivity contribution >= 4 is 11.7 Å². The van der Waals surface area contributed by atoms with E-state index in [0.29, 0.717) is 17.4 Å². The molecule has 0 radical (unpaired) electrons. The van der Waals surface area contributed by atoms with Crippen molar-refractivity contribution in [2.45, 2.75) is 13.5 Å². The van der Waals surface area contributed by atoms with Gasteiger partial charge in [0.2, 0.25) is 5.91 Å². The second kappa shape index (κ2) is 7.26. The third-order valence-corrected chi connectivity index (χ3v) is 3.73. The van der Waals surface area contributed by atoms with Crippen LogP contribution in [0.4, 0.5) is 5.82 Å². The smallest absolute Gasteiger partial charge is 0.258 e. The molecule has 0 spiro atoms. The first-order chi connectivity index (χ1) is 11.6. The van der Waals surface area contributed by atoms with Crippen molar-refractivity contribution in [3.8, 4) is 5.88 Å². The molecule has 128 valence electrons. The van der Waals surface area contributed by atoms with Crippen molar-refractivity contribution in [2.75, 3.05) is 37.6 Å². The average molecular weight is 332 g/mol. The lowest BCUT2D eigenvalue weighted by Crippen LogP contribution is -2.49. The number of primary amides is 1. The number of nitrogens with zero attached hydrogens (tertiary/aromatic N) is 5. The molecule has 0 unspecified atom stereocenters. The van der Waals surface area contributed by atoms with Crippen LogP contribution in [-0.4, -0.2) is 58.7 Å². The molecule has 1 fully saturated rings. The van der Waals surface area contributed by atoms with Crippen molar-refractivity contribution < 1.29 is 14.1 Å². The molecule has 1 amide bonds. The van der Waals surface area contributed by atoms with E-state index in [1.165, 1.54) is 0 Å². The zero-order chi connectivity index (χ0) is 16.9. The Morgan fingerprint density at radius 3 is 2.71 bits per heavy atom. The maximum absolute atomic E-state index is 11.0. The quantitative estimate of drug-likeness (QED) is 0.784. The predicted octanol–water partition coefficient (Wildman–Crippen LogP) is -0.0407. The van der Waals surface area contributed by atoms with Gasteiger partial charge in [0, 0.05) is 44.6 Å². The lowest BCUT2D eigenvalue weighted by molar-refractivity contribution is -0.119. The maximum atomic E-state index is 11.0. The van der Waals surface area contributed by atoms with E-state index < -0.39 is 0 Å². The van der Waals surface area contributed by atoms with Gasteiger partial charge < -0.3 is 19.9 Å². The number of anilines is 1. The lowest BCUT2D eigenvalue weighted by atomic mass is 10.3. The number of aromatic nitrogens is 3. The van der Waals surface area contributed by atoms with E-state index in [1.54, 1.807) is 12.4 Å². The molecule has 1 saturated heterocycles. The number of piperazine rings is 1. The molecule has 2 N–H and O–H groups in total. The molecule has 9 nitrogen and oxygen atoms in total. The number of hydrogen-bond acceptors (Lipinski definition) is 8. The molecular formula is C15H20N6O3. The Morgan fingerprint density at radius 1 is 1.29 bits per heavy atom. The summed E-state index contributed by atoms with van der Waals surface area (Å²) in [4.78, 5) is 23.8. The second-order valence-electron chi connectivity index (χ2n) is 5.63. The third-order valence-electron chi connectivity index (χ3n) is 3.73. The van der Waals surface area contributed by atoms with E-state index in [9.17, 15) is 4.79 Å². The minimum atomic E-state index is -0.310. The second-order valence-corrected chi connectivity index (χ2v) is 5.63. The predicted molar refractivity (Wildman–Crippen MR) is 85.5 cm³/mol. The Balaban J connectivity index is 1.63. The summed E-state index contributed by atoms with van der Waals surface area (Å²) in [6.45, 7) is 5.31. The highest BCUT2D eigenvalue weighted by molar-refractivity contribution is 5.75. The molecular weight excluding hydrogens is 312 g/mol. The highest BCUT2D eigenvalue weighted by Gasteiger charge is 2.22. The lowest BCUT2D eigenvalue weighted by Gasteiger charge is -2.34. The number of hydrogen-bond donors (Lipinski definition) is 1. The van der Waals surface area contributed by atoms with E-state index in [0.717, 1.165) is 31.9 Å². The number of rotatable bonds is 6. The highest BCUT2D eigenvalue weighted by Crippen LogP contribution is 2.24. The largest absolute Gasteiger partial charge is 0.468 e. The van der Waals surface area contributed by atoms with E-state index in [-0.39, 0.29) is 19.1 Å². The van der Waals surface area contributed by atoms with Gasteiger partial charge in [-0.3, -0.25) is 9.69 Å². The molecule has 0 aromatic carbocycles. The molecule has 0 bridgehead atoms. The van der Waals surface area contributed by atoms with Crippen LogP contribution in [0, 0.1) is 6.92 Å². The topological polar surface area (TPSA) is 111 Å². The molecule has 0 aliphatic carbocycles. The molecule has 2 aromatic heterocycles. The molecule has 3 heterocycles. The van der Waals surface area contributed by atoms with E-state index in [1.807, 2.05) is 17.9 Å². The van der Waals surface area contributed by atoms with Gasteiger partial charge in [0.1, 0.15) is 18.1 Å². The van der Waals surface area contributed by atoms with Gasteiger partial charge in [-0.1, -0.05) is 5.16 Å². The summed E-state index contributed by atoms with van der Waals surface area (Å²) >= 11 is 0. The van der Waals surface area contributed by atoms with Gasteiger partial charge in [0.15, 0.2) is 5.82 Å². The third kappa shape index (κ3) is 3.99. The van der Waals surface area contributed by atoms with Gasteiger partial charge >= 0.3 is 0 Å². The minimum absolute atomic E-state index is 0.269. The first-order valence-corrected chi connectivity index (χ1v) is 7.73. The van der Waals surface area contributed by atoms with Crippen LogP contribution in [0.5, 0.6) is 5.88 Å². The molecule has 1 aliphatic rings. The summed E-state index contributed by atoms with van der Waals surface area (Å²) in [5.74, 6) is 1.58. The first kappa shape index (κ1) is 16.2. The standard InChI is InChI=1S/C15H20N6O3/c1-11-8-12(19-24-11)10-23-15-14(17-2-3-18-15)21-6-4-20(5-7-21)9-13(16)22/h2-3,8H,4-7,9-10H2,1H3,(H2,16,22). The van der Waals surface area contributed by atoms with Crippen molar-refractivity contribution in [3.05, 3.63) is 29.9 Å². The Kier molecular flexibility index (Phi) is 4.90. The maximum Gasteiger partial charge on any atom is 0.258 e. The SMILES string of the molecule is Cc1cc(COc2nccnc2N2CCN(CC(N)=O)CC2)no1. The van der Waals surface area contributed by atoms with E-state index >= 15 is 0 Å². The van der Waals surface area contributed by atoms with Crippen LogP contribution in [0.25, 0.3) is 0 Å².